The van der Waals surface area contributed by atoms with Crippen molar-refractivity contribution in [1.82, 2.24) is 0 Å². The van der Waals surface area contributed by atoms with Crippen molar-refractivity contribution in [3.63, 3.8) is 0 Å². The second-order valence-corrected chi connectivity index (χ2v) is 5.97. The lowest BCUT2D eigenvalue weighted by atomic mass is 10.0. The Morgan fingerprint density at radius 3 is 2.71 bits per heavy atom. The Morgan fingerprint density at radius 2 is 2.12 bits per heavy atom. The summed E-state index contributed by atoms with van der Waals surface area (Å²) in [6, 6.07) is 7.97. The summed E-state index contributed by atoms with van der Waals surface area (Å²) in [6.07, 6.45) is 0. The van der Waals surface area contributed by atoms with Crippen molar-refractivity contribution in [2.45, 2.75) is 6.04 Å². The zero-order valence-electron chi connectivity index (χ0n) is 9.11. The molecule has 0 radical (unpaired) electrons. The Balaban J connectivity index is 2.46. The molecule has 0 aliphatic rings. The average Bonchev–Trinajstić information content (AvgIpc) is 2.74. The molecule has 17 heavy (non-hydrogen) atoms. The van der Waals surface area contributed by atoms with Gasteiger partial charge in [0.25, 0.3) is 0 Å². The number of hydrogen-bond acceptors (Lipinski definition) is 3. The lowest BCUT2D eigenvalue weighted by Gasteiger charge is -2.15. The predicted octanol–water partition coefficient (Wildman–Crippen LogP) is 3.71. The minimum atomic E-state index is -0.512. The van der Waals surface area contributed by atoms with Crippen molar-refractivity contribution >= 4 is 27.3 Å². The molecule has 0 aliphatic heterocycles. The van der Waals surface area contributed by atoms with Gasteiger partial charge in [-0.15, -0.1) is 11.3 Å². The number of methoxy groups -OCH3 is 1. The van der Waals surface area contributed by atoms with Crippen LogP contribution in [0.15, 0.2) is 34.1 Å². The standard InChI is InChI=1S/C12H11BrFNOS/c1-16-8-4-2-3-7(14)11(8)12(15)9-5-6-10(13)17-9/h2-6,12H,15H2,1H3. The molecule has 5 heteroatoms. The van der Waals surface area contributed by atoms with Crippen LogP contribution >= 0.6 is 27.3 Å². The fourth-order valence-corrected chi connectivity index (χ4v) is 3.07. The number of thiophene rings is 1. The lowest BCUT2D eigenvalue weighted by Crippen LogP contribution is -2.13. The van der Waals surface area contributed by atoms with Crippen molar-refractivity contribution < 1.29 is 9.13 Å². The van der Waals surface area contributed by atoms with E-state index in [2.05, 4.69) is 15.9 Å². The van der Waals surface area contributed by atoms with Gasteiger partial charge in [0, 0.05) is 4.88 Å². The fraction of sp³-hybridized carbons (Fsp3) is 0.167. The molecule has 0 spiro atoms. The van der Waals surface area contributed by atoms with Crippen LogP contribution < -0.4 is 10.5 Å². The third kappa shape index (κ3) is 2.51. The lowest BCUT2D eigenvalue weighted by molar-refractivity contribution is 0.402. The van der Waals surface area contributed by atoms with Gasteiger partial charge in [-0.1, -0.05) is 6.07 Å². The Bertz CT molecular complexity index is 529. The number of rotatable bonds is 3. The van der Waals surface area contributed by atoms with Gasteiger partial charge >= 0.3 is 0 Å². The normalized spacial score (nSPS) is 12.5. The van der Waals surface area contributed by atoms with Crippen molar-refractivity contribution in [2.75, 3.05) is 7.11 Å². The van der Waals surface area contributed by atoms with E-state index in [-0.39, 0.29) is 5.82 Å². The van der Waals surface area contributed by atoms with Crippen LogP contribution in [0, 0.1) is 5.82 Å². The Kier molecular flexibility index (Phi) is 3.81. The minimum Gasteiger partial charge on any atom is -0.496 e. The minimum absolute atomic E-state index is 0.346. The molecule has 0 saturated heterocycles. The molecule has 0 fully saturated rings. The Labute approximate surface area is 111 Å². The van der Waals surface area contributed by atoms with Crippen LogP contribution in [0.1, 0.15) is 16.5 Å². The zero-order chi connectivity index (χ0) is 12.4. The molecule has 0 bridgehead atoms. The number of halogens is 2. The molecule has 2 nitrogen and oxygen atoms in total. The van der Waals surface area contributed by atoms with E-state index < -0.39 is 6.04 Å². The van der Waals surface area contributed by atoms with Gasteiger partial charge in [0.2, 0.25) is 0 Å². The van der Waals surface area contributed by atoms with E-state index in [1.165, 1.54) is 24.5 Å². The van der Waals surface area contributed by atoms with E-state index in [1.54, 1.807) is 12.1 Å². The van der Waals surface area contributed by atoms with Gasteiger partial charge in [-0.2, -0.15) is 0 Å². The molecular formula is C12H11BrFNOS. The van der Waals surface area contributed by atoms with Gasteiger partial charge in [-0.05, 0) is 40.2 Å². The third-order valence-corrected chi connectivity index (χ3v) is 4.15. The van der Waals surface area contributed by atoms with Crippen molar-refractivity contribution in [3.8, 4) is 5.75 Å². The number of benzene rings is 1. The van der Waals surface area contributed by atoms with Crippen LogP contribution in [-0.4, -0.2) is 7.11 Å². The number of nitrogens with two attached hydrogens (primary N) is 1. The molecule has 1 heterocycles. The maximum Gasteiger partial charge on any atom is 0.132 e. The van der Waals surface area contributed by atoms with E-state index in [0.29, 0.717) is 11.3 Å². The van der Waals surface area contributed by atoms with Crippen LogP contribution in [0.3, 0.4) is 0 Å². The first-order valence-corrected chi connectivity index (χ1v) is 6.57. The zero-order valence-corrected chi connectivity index (χ0v) is 11.5. The Hall–Kier alpha value is -0.910. The van der Waals surface area contributed by atoms with E-state index >= 15 is 0 Å². The summed E-state index contributed by atoms with van der Waals surface area (Å²) in [5, 5.41) is 0. The van der Waals surface area contributed by atoms with E-state index in [0.717, 1.165) is 8.66 Å². The quantitative estimate of drug-likeness (QED) is 0.937. The number of hydrogen-bond donors (Lipinski definition) is 1. The first kappa shape index (κ1) is 12.5. The average molecular weight is 316 g/mol. The van der Waals surface area contributed by atoms with E-state index in [9.17, 15) is 4.39 Å². The van der Waals surface area contributed by atoms with Crippen LogP contribution in [0.2, 0.25) is 0 Å². The van der Waals surface area contributed by atoms with Crippen LogP contribution in [0.4, 0.5) is 4.39 Å². The van der Waals surface area contributed by atoms with Gasteiger partial charge in [0.05, 0.1) is 22.5 Å². The summed E-state index contributed by atoms with van der Waals surface area (Å²) in [5.41, 5.74) is 6.47. The molecule has 1 unspecified atom stereocenters. The summed E-state index contributed by atoms with van der Waals surface area (Å²) < 4.78 is 19.9. The largest absolute Gasteiger partial charge is 0.496 e. The molecule has 1 aromatic carbocycles. The van der Waals surface area contributed by atoms with Crippen molar-refractivity contribution in [2.24, 2.45) is 5.73 Å². The van der Waals surface area contributed by atoms with Crippen molar-refractivity contribution in [1.29, 1.82) is 0 Å². The first-order chi connectivity index (χ1) is 8.13. The van der Waals surface area contributed by atoms with E-state index in [1.807, 2.05) is 12.1 Å². The highest BCUT2D eigenvalue weighted by Crippen LogP contribution is 2.35. The molecule has 1 aromatic heterocycles. The van der Waals surface area contributed by atoms with Gasteiger partial charge < -0.3 is 10.5 Å². The summed E-state index contributed by atoms with van der Waals surface area (Å²) >= 11 is 4.85. The molecule has 0 amide bonds. The highest BCUT2D eigenvalue weighted by atomic mass is 79.9. The molecule has 2 aromatic rings. The second kappa shape index (κ2) is 5.16. The molecule has 0 saturated carbocycles. The molecule has 2 rings (SSSR count). The monoisotopic (exact) mass is 315 g/mol. The maximum atomic E-state index is 13.8. The summed E-state index contributed by atoms with van der Waals surface area (Å²) in [5.74, 6) is 0.128. The smallest absolute Gasteiger partial charge is 0.132 e. The highest BCUT2D eigenvalue weighted by molar-refractivity contribution is 9.11. The van der Waals surface area contributed by atoms with Crippen molar-refractivity contribution in [3.05, 3.63) is 50.4 Å². The Morgan fingerprint density at radius 1 is 1.35 bits per heavy atom. The SMILES string of the molecule is COc1cccc(F)c1C(N)c1ccc(Br)s1. The third-order valence-electron chi connectivity index (χ3n) is 2.44. The maximum absolute atomic E-state index is 13.8. The topological polar surface area (TPSA) is 35.2 Å². The van der Waals surface area contributed by atoms with Gasteiger partial charge in [-0.25, -0.2) is 4.39 Å². The first-order valence-electron chi connectivity index (χ1n) is 4.96. The second-order valence-electron chi connectivity index (χ2n) is 3.48. The van der Waals surface area contributed by atoms with Gasteiger partial charge in [0.1, 0.15) is 11.6 Å². The molecule has 0 aliphatic carbocycles. The molecule has 2 N–H and O–H groups in total. The molecular weight excluding hydrogens is 305 g/mol. The van der Waals surface area contributed by atoms with E-state index in [4.69, 9.17) is 10.5 Å². The summed E-state index contributed by atoms with van der Waals surface area (Å²) in [4.78, 5) is 0.889. The van der Waals surface area contributed by atoms with Crippen LogP contribution in [-0.2, 0) is 0 Å². The number of ether oxygens (including phenoxy) is 1. The molecule has 90 valence electrons. The van der Waals surface area contributed by atoms with Crippen LogP contribution in [0.25, 0.3) is 0 Å². The van der Waals surface area contributed by atoms with Crippen LogP contribution in [0.5, 0.6) is 5.75 Å². The van der Waals surface area contributed by atoms with Gasteiger partial charge in [-0.3, -0.25) is 0 Å². The predicted molar refractivity (Wildman–Crippen MR) is 71.0 cm³/mol. The molecule has 1 atom stereocenters. The highest BCUT2D eigenvalue weighted by Gasteiger charge is 2.19. The fourth-order valence-electron chi connectivity index (χ4n) is 1.63. The van der Waals surface area contributed by atoms with Gasteiger partial charge in [0.15, 0.2) is 0 Å². The summed E-state index contributed by atoms with van der Waals surface area (Å²) in [6.45, 7) is 0. The summed E-state index contributed by atoms with van der Waals surface area (Å²) in [7, 11) is 1.51.